The van der Waals surface area contributed by atoms with Gasteiger partial charge >= 0.3 is 0 Å². The molecule has 6 rings (SSSR count). The number of carbonyl (C=O) groups excluding carboxylic acids is 2. The fourth-order valence-corrected chi connectivity index (χ4v) is 4.61. The summed E-state index contributed by atoms with van der Waals surface area (Å²) in [5, 5.41) is 15.9. The van der Waals surface area contributed by atoms with E-state index in [1.807, 2.05) is 0 Å². The molecule has 3 aliphatic carbocycles. The zero-order valence-electron chi connectivity index (χ0n) is 15.3. The number of nitro benzene ring substituents is 1. The van der Waals surface area contributed by atoms with Crippen LogP contribution in [0.25, 0.3) is 11.3 Å². The summed E-state index contributed by atoms with van der Waals surface area (Å²) in [5.74, 6) is 0.0745. The Kier molecular flexibility index (Phi) is 3.94. The third-order valence-electron chi connectivity index (χ3n) is 6.03. The number of allylic oxidation sites excluding steroid dienone is 2. The summed E-state index contributed by atoms with van der Waals surface area (Å²) in [4.78, 5) is 35.8. The number of rotatable bonds is 4. The molecule has 2 heterocycles. The zero-order chi connectivity index (χ0) is 20.1. The van der Waals surface area contributed by atoms with E-state index >= 15 is 0 Å². The lowest BCUT2D eigenvalue weighted by molar-refractivity contribution is -0.384. The predicted octanol–water partition coefficient (Wildman–Crippen LogP) is 3.39. The lowest BCUT2D eigenvalue weighted by Gasteiger charge is -2.37. The maximum Gasteiger partial charge on any atom is 0.269 e. The van der Waals surface area contributed by atoms with Crippen LogP contribution in [0.3, 0.4) is 0 Å². The molecule has 1 aromatic carbocycles. The minimum Gasteiger partial charge on any atom is -0.455 e. The fourth-order valence-electron chi connectivity index (χ4n) is 4.61. The number of hydrogen-bond donors (Lipinski definition) is 0. The van der Waals surface area contributed by atoms with E-state index in [0.717, 1.165) is 17.9 Å². The van der Waals surface area contributed by atoms with Crippen LogP contribution in [0.5, 0.6) is 0 Å². The van der Waals surface area contributed by atoms with Gasteiger partial charge in [-0.15, -0.1) is 0 Å². The van der Waals surface area contributed by atoms with Crippen molar-refractivity contribution in [3.8, 4) is 11.3 Å². The molecular formula is C21H17N3O5. The first-order valence-corrected chi connectivity index (χ1v) is 9.48. The highest BCUT2D eigenvalue weighted by atomic mass is 16.6. The number of hydrogen-bond acceptors (Lipinski definition) is 6. The normalized spacial score (nSPS) is 27.8. The van der Waals surface area contributed by atoms with Crippen molar-refractivity contribution in [1.82, 2.24) is 5.01 Å². The van der Waals surface area contributed by atoms with Gasteiger partial charge in [-0.25, -0.2) is 0 Å². The molecule has 0 radical (unpaired) electrons. The standard InChI is InChI=1S/C21H17N3O5/c25-20-18-13-1-2-14(4-3-13)19(18)21(26)23(20)22-11-16-9-10-17(29-16)12-5-7-15(8-6-12)24(27)28/h1-2,5-11,13-14,18-19H,3-4H2/b22-11-/t13-,14-,18-,19-/m0/s1. The molecule has 4 aliphatic rings. The van der Waals surface area contributed by atoms with Gasteiger partial charge in [-0.2, -0.15) is 10.1 Å². The molecule has 2 fully saturated rings. The first-order chi connectivity index (χ1) is 14.0. The van der Waals surface area contributed by atoms with Crippen molar-refractivity contribution >= 4 is 23.7 Å². The number of imide groups is 1. The lowest BCUT2D eigenvalue weighted by Crippen LogP contribution is -2.38. The lowest BCUT2D eigenvalue weighted by atomic mass is 9.63. The topological polar surface area (TPSA) is 106 Å². The van der Waals surface area contributed by atoms with Crippen molar-refractivity contribution in [1.29, 1.82) is 0 Å². The minimum atomic E-state index is -0.465. The van der Waals surface area contributed by atoms with E-state index in [2.05, 4.69) is 17.3 Å². The summed E-state index contributed by atoms with van der Waals surface area (Å²) in [6.45, 7) is 0. The molecule has 1 aliphatic heterocycles. The quantitative estimate of drug-likeness (QED) is 0.261. The van der Waals surface area contributed by atoms with E-state index in [4.69, 9.17) is 4.42 Å². The van der Waals surface area contributed by atoms with E-state index in [1.54, 1.807) is 24.3 Å². The second-order valence-corrected chi connectivity index (χ2v) is 7.58. The van der Waals surface area contributed by atoms with Gasteiger partial charge < -0.3 is 4.42 Å². The van der Waals surface area contributed by atoms with E-state index in [-0.39, 0.29) is 41.2 Å². The van der Waals surface area contributed by atoms with Crippen molar-refractivity contribution in [3.05, 3.63) is 64.4 Å². The third-order valence-corrected chi connectivity index (χ3v) is 6.03. The van der Waals surface area contributed by atoms with Gasteiger partial charge in [0.1, 0.15) is 11.5 Å². The van der Waals surface area contributed by atoms with Crippen molar-refractivity contribution in [3.63, 3.8) is 0 Å². The predicted molar refractivity (Wildman–Crippen MR) is 103 cm³/mol. The van der Waals surface area contributed by atoms with Crippen LogP contribution in [0, 0.1) is 33.8 Å². The average molecular weight is 391 g/mol. The van der Waals surface area contributed by atoms with Crippen LogP contribution in [0.1, 0.15) is 18.6 Å². The van der Waals surface area contributed by atoms with Gasteiger partial charge in [0.05, 0.1) is 23.0 Å². The Morgan fingerprint density at radius 3 is 2.17 bits per heavy atom. The highest BCUT2D eigenvalue weighted by Gasteiger charge is 2.56. The number of hydrazone groups is 1. The molecule has 29 heavy (non-hydrogen) atoms. The van der Waals surface area contributed by atoms with Crippen LogP contribution in [0.2, 0.25) is 0 Å². The maximum atomic E-state index is 12.7. The van der Waals surface area contributed by atoms with E-state index in [9.17, 15) is 19.7 Å². The average Bonchev–Trinajstić information content (AvgIpc) is 3.32. The summed E-state index contributed by atoms with van der Waals surface area (Å²) in [7, 11) is 0. The molecule has 2 bridgehead atoms. The SMILES string of the molecule is O=C1[C@@H]2[C@@H](C(=O)N1/N=C\c1ccc(-c3ccc([N+](=O)[O-])cc3)o1)[C@H]1C=C[C@H]2CC1. The number of nitro groups is 1. The van der Waals surface area contributed by atoms with Crippen LogP contribution < -0.4 is 0 Å². The van der Waals surface area contributed by atoms with Gasteiger partial charge in [-0.05, 0) is 48.9 Å². The number of nitrogens with zero attached hydrogens (tertiary/aromatic N) is 3. The largest absolute Gasteiger partial charge is 0.455 e. The zero-order valence-corrected chi connectivity index (χ0v) is 15.3. The molecule has 8 nitrogen and oxygen atoms in total. The Morgan fingerprint density at radius 2 is 1.62 bits per heavy atom. The fraction of sp³-hybridized carbons (Fsp3) is 0.286. The number of non-ortho nitro benzene ring substituents is 1. The monoisotopic (exact) mass is 391 g/mol. The number of furan rings is 1. The van der Waals surface area contributed by atoms with Gasteiger partial charge in [-0.1, -0.05) is 12.2 Å². The van der Waals surface area contributed by atoms with Crippen molar-refractivity contribution in [2.24, 2.45) is 28.8 Å². The summed E-state index contributed by atoms with van der Waals surface area (Å²) >= 11 is 0. The summed E-state index contributed by atoms with van der Waals surface area (Å²) < 4.78 is 5.69. The molecule has 0 N–H and O–H groups in total. The highest BCUT2D eigenvalue weighted by Crippen LogP contribution is 2.49. The van der Waals surface area contributed by atoms with E-state index in [1.165, 1.54) is 18.3 Å². The van der Waals surface area contributed by atoms with Gasteiger partial charge in [0.15, 0.2) is 0 Å². The van der Waals surface area contributed by atoms with Crippen LogP contribution >= 0.6 is 0 Å². The molecule has 8 heteroatoms. The number of benzene rings is 1. The Labute approximate surface area is 165 Å². The Morgan fingerprint density at radius 1 is 1.00 bits per heavy atom. The van der Waals surface area contributed by atoms with Crippen LogP contribution in [0.15, 0.2) is 58.1 Å². The van der Waals surface area contributed by atoms with Crippen molar-refractivity contribution in [2.75, 3.05) is 0 Å². The Balaban J connectivity index is 1.34. The Bertz CT molecular complexity index is 1040. The third kappa shape index (κ3) is 2.79. The molecular weight excluding hydrogens is 374 g/mol. The maximum absolute atomic E-state index is 12.7. The first-order valence-electron chi connectivity index (χ1n) is 9.48. The number of amides is 2. The van der Waals surface area contributed by atoms with Gasteiger partial charge in [0.2, 0.25) is 0 Å². The molecule has 1 aromatic heterocycles. The summed E-state index contributed by atoms with van der Waals surface area (Å²) in [6.07, 6.45) is 7.37. The molecule has 4 atom stereocenters. The molecule has 1 saturated carbocycles. The highest BCUT2D eigenvalue weighted by molar-refractivity contribution is 6.06. The van der Waals surface area contributed by atoms with E-state index < -0.39 is 4.92 Å². The molecule has 0 unspecified atom stereocenters. The summed E-state index contributed by atoms with van der Waals surface area (Å²) in [5.41, 5.74) is 0.676. The van der Waals surface area contributed by atoms with Crippen LogP contribution in [-0.2, 0) is 9.59 Å². The second-order valence-electron chi connectivity index (χ2n) is 7.58. The second kappa shape index (κ2) is 6.51. The molecule has 146 valence electrons. The van der Waals surface area contributed by atoms with E-state index in [0.29, 0.717) is 17.1 Å². The number of fused-ring (bicyclic) bond motifs is 1. The van der Waals surface area contributed by atoms with Crippen molar-refractivity contribution in [2.45, 2.75) is 12.8 Å². The van der Waals surface area contributed by atoms with Crippen molar-refractivity contribution < 1.29 is 18.9 Å². The Hall–Kier alpha value is -3.55. The first kappa shape index (κ1) is 17.5. The number of carbonyl (C=O) groups is 2. The molecule has 2 aromatic rings. The van der Waals surface area contributed by atoms with Gasteiger partial charge in [-0.3, -0.25) is 19.7 Å². The van der Waals surface area contributed by atoms with Gasteiger partial charge in [0.25, 0.3) is 17.5 Å². The van der Waals surface area contributed by atoms with Crippen LogP contribution in [0.4, 0.5) is 5.69 Å². The smallest absolute Gasteiger partial charge is 0.269 e. The molecule has 2 amide bonds. The van der Waals surface area contributed by atoms with Gasteiger partial charge in [0, 0.05) is 17.7 Å². The van der Waals surface area contributed by atoms with Crippen LogP contribution in [-0.4, -0.2) is 28.0 Å². The molecule has 1 saturated heterocycles. The minimum absolute atomic E-state index is 0.00178. The summed E-state index contributed by atoms with van der Waals surface area (Å²) in [6, 6.07) is 9.37. The molecule has 0 spiro atoms.